The summed E-state index contributed by atoms with van der Waals surface area (Å²) in [5, 5.41) is 8.14. The van der Waals surface area contributed by atoms with E-state index in [1.807, 2.05) is 0 Å². The Morgan fingerprint density at radius 2 is 1.64 bits per heavy atom. The molecule has 1 N–H and O–H groups in total. The number of aliphatic carboxylic acids is 1. The van der Waals surface area contributed by atoms with Gasteiger partial charge in [-0.25, -0.2) is 13.6 Å². The van der Waals surface area contributed by atoms with Gasteiger partial charge in [-0.2, -0.15) is 8.78 Å². The number of halogens is 4. The molecule has 2 aromatic carbocycles. The summed E-state index contributed by atoms with van der Waals surface area (Å²) in [4.78, 5) is 20.8. The molecule has 0 heterocycles. The molecule has 4 nitrogen and oxygen atoms in total. The Labute approximate surface area is 140 Å². The Bertz CT molecular complexity index is 733. The lowest BCUT2D eigenvalue weighted by Gasteiger charge is -2.09. The minimum Gasteiger partial charge on any atom is -0.477 e. The fraction of sp³-hybridized carbons (Fsp3) is 0.176. The van der Waals surface area contributed by atoms with E-state index in [0.29, 0.717) is 5.56 Å². The van der Waals surface area contributed by atoms with Gasteiger partial charge in [-0.1, -0.05) is 36.4 Å². The first-order valence-corrected chi connectivity index (χ1v) is 6.86. The number of hydrogen-bond acceptors (Lipinski definition) is 3. The van der Waals surface area contributed by atoms with E-state index in [1.54, 1.807) is 6.07 Å². The van der Waals surface area contributed by atoms with Crippen LogP contribution < -0.4 is 0 Å². The maximum absolute atomic E-state index is 12.7. The second kappa shape index (κ2) is 8.81. The van der Waals surface area contributed by atoms with Gasteiger partial charge in [-0.3, -0.25) is 4.79 Å². The zero-order valence-electron chi connectivity index (χ0n) is 13.0. The minimum absolute atomic E-state index is 0.0479. The Hall–Kier alpha value is -2.90. The summed E-state index contributed by atoms with van der Waals surface area (Å²) >= 11 is 0. The van der Waals surface area contributed by atoms with Gasteiger partial charge in [0.15, 0.2) is 11.6 Å². The molecule has 0 aliphatic heterocycles. The topological polar surface area (TPSA) is 63.6 Å². The summed E-state index contributed by atoms with van der Waals surface area (Å²) in [7, 11) is 1.24. The minimum atomic E-state index is -3.79. The highest BCUT2D eigenvalue weighted by molar-refractivity contribution is 5.77. The summed E-state index contributed by atoms with van der Waals surface area (Å²) in [5.41, 5.74) is -0.108. The van der Waals surface area contributed by atoms with Crippen LogP contribution in [-0.2, 0) is 26.7 Å². The van der Waals surface area contributed by atoms with Crippen molar-refractivity contribution >= 4 is 11.9 Å². The summed E-state index contributed by atoms with van der Waals surface area (Å²) in [6.45, 7) is 0. The van der Waals surface area contributed by atoms with Gasteiger partial charge >= 0.3 is 17.9 Å². The van der Waals surface area contributed by atoms with Crippen LogP contribution in [0.3, 0.4) is 0 Å². The molecule has 0 unspecified atom stereocenters. The molecule has 0 saturated heterocycles. The smallest absolute Gasteiger partial charge is 0.379 e. The quantitative estimate of drug-likeness (QED) is 0.671. The van der Waals surface area contributed by atoms with E-state index in [9.17, 15) is 27.2 Å². The van der Waals surface area contributed by atoms with Gasteiger partial charge in [0.05, 0.1) is 13.5 Å². The van der Waals surface area contributed by atoms with Crippen LogP contribution in [0.1, 0.15) is 11.1 Å². The Balaban J connectivity index is 0.000000251. The summed E-state index contributed by atoms with van der Waals surface area (Å²) in [6.07, 6.45) is -0.0479. The van der Waals surface area contributed by atoms with Crippen LogP contribution in [0, 0.1) is 11.6 Å². The largest absolute Gasteiger partial charge is 0.477 e. The zero-order valence-corrected chi connectivity index (χ0v) is 13.0. The van der Waals surface area contributed by atoms with E-state index in [-0.39, 0.29) is 6.42 Å². The Kier molecular flexibility index (Phi) is 7.10. The van der Waals surface area contributed by atoms with Gasteiger partial charge < -0.3 is 9.84 Å². The number of alkyl halides is 2. The van der Waals surface area contributed by atoms with Crippen molar-refractivity contribution in [2.45, 2.75) is 12.3 Å². The van der Waals surface area contributed by atoms with Crippen LogP contribution in [0.2, 0.25) is 0 Å². The molecule has 0 radical (unpaired) electrons. The number of carbonyl (C=O) groups is 2. The zero-order chi connectivity index (χ0) is 19.0. The Morgan fingerprint density at radius 3 is 2.12 bits per heavy atom. The number of esters is 1. The first-order valence-electron chi connectivity index (χ1n) is 6.86. The molecule has 2 aromatic rings. The first kappa shape index (κ1) is 20.1. The van der Waals surface area contributed by atoms with Crippen molar-refractivity contribution in [2.24, 2.45) is 0 Å². The number of benzene rings is 2. The van der Waals surface area contributed by atoms with Gasteiger partial charge in [0, 0.05) is 5.56 Å². The highest BCUT2D eigenvalue weighted by Gasteiger charge is 2.40. The highest BCUT2D eigenvalue weighted by Crippen LogP contribution is 2.27. The van der Waals surface area contributed by atoms with Crippen molar-refractivity contribution < 1.29 is 37.0 Å². The van der Waals surface area contributed by atoms with E-state index in [2.05, 4.69) is 4.74 Å². The average molecular weight is 358 g/mol. The fourth-order valence-corrected chi connectivity index (χ4v) is 1.66. The van der Waals surface area contributed by atoms with Crippen molar-refractivity contribution in [3.8, 4) is 0 Å². The van der Waals surface area contributed by atoms with Crippen LogP contribution in [-0.4, -0.2) is 24.2 Å². The lowest BCUT2D eigenvalue weighted by atomic mass is 10.1. The van der Waals surface area contributed by atoms with Gasteiger partial charge in [-0.05, 0) is 17.7 Å². The molecule has 25 heavy (non-hydrogen) atoms. The van der Waals surface area contributed by atoms with Gasteiger partial charge in [0.1, 0.15) is 0 Å². The highest BCUT2D eigenvalue weighted by atomic mass is 19.3. The number of hydrogen-bond donors (Lipinski definition) is 1. The van der Waals surface area contributed by atoms with Crippen molar-refractivity contribution in [1.29, 1.82) is 0 Å². The number of rotatable bonds is 4. The molecule has 0 aromatic heterocycles. The molecule has 2 rings (SSSR count). The maximum Gasteiger partial charge on any atom is 0.379 e. The van der Waals surface area contributed by atoms with Crippen molar-refractivity contribution in [3.63, 3.8) is 0 Å². The predicted octanol–water partition coefficient (Wildman–Crippen LogP) is 3.54. The first-order chi connectivity index (χ1) is 11.7. The molecule has 0 fully saturated rings. The number of carbonyl (C=O) groups excluding carboxylic acids is 1. The number of carboxylic acids is 1. The van der Waals surface area contributed by atoms with Crippen molar-refractivity contribution in [1.82, 2.24) is 0 Å². The predicted molar refractivity (Wildman–Crippen MR) is 80.0 cm³/mol. The van der Waals surface area contributed by atoms with Crippen LogP contribution in [0.25, 0.3) is 0 Å². The average Bonchev–Trinajstić information content (AvgIpc) is 2.59. The lowest BCUT2D eigenvalue weighted by molar-refractivity contribution is -0.166. The molecule has 0 aliphatic carbocycles. The number of carboxylic acid groups (broad SMARTS) is 1. The van der Waals surface area contributed by atoms with E-state index < -0.39 is 35.1 Å². The van der Waals surface area contributed by atoms with Crippen LogP contribution >= 0.6 is 0 Å². The van der Waals surface area contributed by atoms with Crippen LogP contribution in [0.15, 0.2) is 48.5 Å². The van der Waals surface area contributed by atoms with Gasteiger partial charge in [0.25, 0.3) is 0 Å². The normalized spacial score (nSPS) is 10.4. The molecule has 0 atom stereocenters. The van der Waals surface area contributed by atoms with E-state index >= 15 is 0 Å². The van der Waals surface area contributed by atoms with Crippen LogP contribution in [0.5, 0.6) is 0 Å². The molecular formula is C17H14F4O4. The second-order valence-corrected chi connectivity index (χ2v) is 4.75. The van der Waals surface area contributed by atoms with Crippen LogP contribution in [0.4, 0.5) is 17.6 Å². The standard InChI is InChI=1S/C9H8F2O2.C8H6F2O2/c1-13-9(12)5-6-2-3-7(10)8(11)4-6;9-8(10,7(11)12)6-4-2-1-3-5-6/h2-4H,5H2,1H3;1-5H,(H,11,12). The third-order valence-corrected chi connectivity index (χ3v) is 2.97. The van der Waals surface area contributed by atoms with Gasteiger partial charge in [-0.15, -0.1) is 0 Å². The summed E-state index contributed by atoms with van der Waals surface area (Å²) in [5.74, 6) is -8.28. The molecular weight excluding hydrogens is 344 g/mol. The van der Waals surface area contributed by atoms with Crippen molar-refractivity contribution in [2.75, 3.05) is 7.11 Å². The second-order valence-electron chi connectivity index (χ2n) is 4.75. The third kappa shape index (κ3) is 5.91. The molecule has 8 heteroatoms. The maximum atomic E-state index is 12.7. The summed E-state index contributed by atoms with van der Waals surface area (Å²) in [6, 6.07) is 9.73. The Morgan fingerprint density at radius 1 is 1.04 bits per heavy atom. The number of ether oxygens (including phenoxy) is 1. The molecule has 0 spiro atoms. The SMILES string of the molecule is COC(=O)Cc1ccc(F)c(F)c1.O=C(O)C(F)(F)c1ccccc1. The lowest BCUT2D eigenvalue weighted by Crippen LogP contribution is -2.24. The number of methoxy groups -OCH3 is 1. The van der Waals surface area contributed by atoms with E-state index in [1.165, 1.54) is 25.3 Å². The van der Waals surface area contributed by atoms with E-state index in [4.69, 9.17) is 5.11 Å². The van der Waals surface area contributed by atoms with Crippen molar-refractivity contribution in [3.05, 3.63) is 71.3 Å². The van der Waals surface area contributed by atoms with Gasteiger partial charge in [0.2, 0.25) is 0 Å². The fourth-order valence-electron chi connectivity index (χ4n) is 1.66. The van der Waals surface area contributed by atoms with E-state index in [0.717, 1.165) is 24.3 Å². The monoisotopic (exact) mass is 358 g/mol. The molecule has 0 amide bonds. The molecule has 134 valence electrons. The molecule has 0 bridgehead atoms. The summed E-state index contributed by atoms with van der Waals surface area (Å²) < 4.78 is 54.8. The molecule has 0 aliphatic rings. The molecule has 0 saturated carbocycles. The third-order valence-electron chi connectivity index (χ3n) is 2.97.